The van der Waals surface area contributed by atoms with Gasteiger partial charge in [0.2, 0.25) is 0 Å². The Hall–Kier alpha value is -3.75. The summed E-state index contributed by atoms with van der Waals surface area (Å²) in [5.74, 6) is -1.80. The second-order valence-corrected chi connectivity index (χ2v) is 4.86. The van der Waals surface area contributed by atoms with Crippen LogP contribution in [0.4, 0.5) is 5.69 Å². The van der Waals surface area contributed by atoms with Crippen LogP contribution >= 0.6 is 0 Å². The number of hydrogen-bond donors (Lipinski definition) is 3. The van der Waals surface area contributed by atoms with Crippen LogP contribution in [0.3, 0.4) is 0 Å². The number of amides is 3. The van der Waals surface area contributed by atoms with E-state index in [2.05, 4.69) is 16.2 Å². The highest BCUT2D eigenvalue weighted by Gasteiger charge is 2.13. The fraction of sp³-hybridized carbons (Fsp3) is 0.0625. The van der Waals surface area contributed by atoms with Crippen LogP contribution in [0, 0.1) is 10.1 Å². The zero-order valence-corrected chi connectivity index (χ0v) is 12.9. The third-order valence-electron chi connectivity index (χ3n) is 3.08. The fourth-order valence-electron chi connectivity index (χ4n) is 1.86. The summed E-state index contributed by atoms with van der Waals surface area (Å²) < 4.78 is 0. The summed E-state index contributed by atoms with van der Waals surface area (Å²) in [6, 6.07) is 13.4. The number of hydrazine groups is 1. The third kappa shape index (κ3) is 5.13. The summed E-state index contributed by atoms with van der Waals surface area (Å²) >= 11 is 0. The van der Waals surface area contributed by atoms with Crippen molar-refractivity contribution < 1.29 is 19.3 Å². The SMILES string of the molecule is O=C(CNC(=O)c1cccc([N+](=O)[O-])c1)NNC(=O)c1ccccc1. The number of carbonyl (C=O) groups is 3. The molecule has 0 aliphatic carbocycles. The van der Waals surface area contributed by atoms with Crippen molar-refractivity contribution in [2.45, 2.75) is 0 Å². The van der Waals surface area contributed by atoms with Crippen molar-refractivity contribution in [3.05, 3.63) is 75.8 Å². The van der Waals surface area contributed by atoms with Gasteiger partial charge in [-0.2, -0.15) is 0 Å². The Bertz CT molecular complexity index is 807. The molecule has 0 saturated carbocycles. The normalized spacial score (nSPS) is 9.76. The first-order chi connectivity index (χ1) is 12.0. The molecule has 25 heavy (non-hydrogen) atoms. The molecule has 0 unspecified atom stereocenters. The van der Waals surface area contributed by atoms with Gasteiger partial charge < -0.3 is 5.32 Å². The molecule has 0 aliphatic rings. The lowest BCUT2D eigenvalue weighted by atomic mass is 10.2. The maximum atomic E-state index is 11.9. The molecule has 0 fully saturated rings. The van der Waals surface area contributed by atoms with Crippen LogP contribution in [-0.2, 0) is 4.79 Å². The molecular weight excluding hydrogens is 328 g/mol. The predicted molar refractivity (Wildman–Crippen MR) is 87.5 cm³/mol. The lowest BCUT2D eigenvalue weighted by Crippen LogP contribution is -2.46. The van der Waals surface area contributed by atoms with Gasteiger partial charge in [-0.25, -0.2) is 0 Å². The van der Waals surface area contributed by atoms with Crippen molar-refractivity contribution in [3.8, 4) is 0 Å². The van der Waals surface area contributed by atoms with E-state index in [0.717, 1.165) is 6.07 Å². The van der Waals surface area contributed by atoms with Gasteiger partial charge in [-0.05, 0) is 18.2 Å². The number of hydrogen-bond acceptors (Lipinski definition) is 5. The van der Waals surface area contributed by atoms with Crippen LogP contribution in [-0.4, -0.2) is 29.2 Å². The monoisotopic (exact) mass is 342 g/mol. The van der Waals surface area contributed by atoms with Gasteiger partial charge in [0.15, 0.2) is 0 Å². The Balaban J connectivity index is 1.81. The number of nitro benzene ring substituents is 1. The summed E-state index contributed by atoms with van der Waals surface area (Å²) in [7, 11) is 0. The van der Waals surface area contributed by atoms with Crippen LogP contribution in [0.1, 0.15) is 20.7 Å². The van der Waals surface area contributed by atoms with E-state index in [-0.39, 0.29) is 11.3 Å². The first-order valence-corrected chi connectivity index (χ1v) is 7.14. The first-order valence-electron chi connectivity index (χ1n) is 7.14. The van der Waals surface area contributed by atoms with Crippen molar-refractivity contribution in [2.75, 3.05) is 6.54 Å². The molecule has 9 heteroatoms. The molecule has 0 aliphatic heterocycles. The molecule has 2 aromatic rings. The lowest BCUT2D eigenvalue weighted by molar-refractivity contribution is -0.384. The highest BCUT2D eigenvalue weighted by atomic mass is 16.6. The van der Waals surface area contributed by atoms with Crippen LogP contribution in [0.15, 0.2) is 54.6 Å². The van der Waals surface area contributed by atoms with E-state index >= 15 is 0 Å². The van der Waals surface area contributed by atoms with Gasteiger partial charge in [-0.1, -0.05) is 24.3 Å². The lowest BCUT2D eigenvalue weighted by Gasteiger charge is -2.08. The average molecular weight is 342 g/mol. The summed E-state index contributed by atoms with van der Waals surface area (Å²) in [6.45, 7) is -0.406. The predicted octanol–water partition coefficient (Wildman–Crippen LogP) is 0.786. The van der Waals surface area contributed by atoms with Gasteiger partial charge in [-0.3, -0.25) is 35.3 Å². The van der Waals surface area contributed by atoms with E-state index in [1.807, 2.05) is 0 Å². The molecule has 0 saturated heterocycles. The molecule has 3 amide bonds. The largest absolute Gasteiger partial charge is 0.343 e. The van der Waals surface area contributed by atoms with Crippen molar-refractivity contribution in [3.63, 3.8) is 0 Å². The summed E-state index contributed by atoms with van der Waals surface area (Å²) in [5, 5.41) is 13.0. The molecule has 128 valence electrons. The highest BCUT2D eigenvalue weighted by molar-refractivity contribution is 5.98. The molecule has 0 bridgehead atoms. The van der Waals surface area contributed by atoms with Crippen LogP contribution in [0.5, 0.6) is 0 Å². The van der Waals surface area contributed by atoms with Crippen molar-refractivity contribution >= 4 is 23.4 Å². The first kappa shape index (κ1) is 17.6. The maximum Gasteiger partial charge on any atom is 0.270 e. The van der Waals surface area contributed by atoms with E-state index in [1.54, 1.807) is 30.3 Å². The molecule has 0 spiro atoms. The van der Waals surface area contributed by atoms with Gasteiger partial charge in [0.05, 0.1) is 11.5 Å². The van der Waals surface area contributed by atoms with E-state index in [9.17, 15) is 24.5 Å². The quantitative estimate of drug-likeness (QED) is 0.546. The number of carbonyl (C=O) groups excluding carboxylic acids is 3. The molecule has 0 aromatic heterocycles. The van der Waals surface area contributed by atoms with Crippen molar-refractivity contribution in [1.29, 1.82) is 0 Å². The summed E-state index contributed by atoms with van der Waals surface area (Å²) in [4.78, 5) is 45.3. The molecule has 3 N–H and O–H groups in total. The zero-order valence-electron chi connectivity index (χ0n) is 12.9. The number of nitrogens with one attached hydrogen (secondary N) is 3. The van der Waals surface area contributed by atoms with Crippen LogP contribution in [0.2, 0.25) is 0 Å². The standard InChI is InChI=1S/C16H14N4O5/c21-14(18-19-16(23)11-5-2-1-3-6-11)10-17-15(22)12-7-4-8-13(9-12)20(24)25/h1-9H,10H2,(H,17,22)(H,18,21)(H,19,23). The molecule has 9 nitrogen and oxygen atoms in total. The molecule has 2 aromatic carbocycles. The van der Waals surface area contributed by atoms with Gasteiger partial charge >= 0.3 is 0 Å². The summed E-state index contributed by atoms with van der Waals surface area (Å²) in [5.41, 5.74) is 4.55. The number of nitro groups is 1. The van der Waals surface area contributed by atoms with E-state index in [1.165, 1.54) is 18.2 Å². The van der Waals surface area contributed by atoms with Gasteiger partial charge in [0.1, 0.15) is 0 Å². The number of nitrogens with zero attached hydrogens (tertiary/aromatic N) is 1. The second kappa shape index (κ2) is 8.20. The number of non-ortho nitro benzene ring substituents is 1. The second-order valence-electron chi connectivity index (χ2n) is 4.86. The molecule has 0 radical (unpaired) electrons. The highest BCUT2D eigenvalue weighted by Crippen LogP contribution is 2.12. The van der Waals surface area contributed by atoms with Crippen molar-refractivity contribution in [2.24, 2.45) is 0 Å². The maximum absolute atomic E-state index is 11.9. The van der Waals surface area contributed by atoms with Crippen LogP contribution in [0.25, 0.3) is 0 Å². The molecule has 2 rings (SSSR count). The van der Waals surface area contributed by atoms with Crippen molar-refractivity contribution in [1.82, 2.24) is 16.2 Å². The smallest absolute Gasteiger partial charge is 0.270 e. The Morgan fingerprint density at radius 3 is 2.24 bits per heavy atom. The number of benzene rings is 2. The zero-order chi connectivity index (χ0) is 18.2. The average Bonchev–Trinajstić information content (AvgIpc) is 2.64. The molecular formula is C16H14N4O5. The van der Waals surface area contributed by atoms with Gasteiger partial charge in [0.25, 0.3) is 23.4 Å². The van der Waals surface area contributed by atoms with E-state index in [4.69, 9.17) is 0 Å². The van der Waals surface area contributed by atoms with E-state index < -0.39 is 29.2 Å². The fourth-order valence-corrected chi connectivity index (χ4v) is 1.86. The van der Waals surface area contributed by atoms with Crippen LogP contribution < -0.4 is 16.2 Å². The summed E-state index contributed by atoms with van der Waals surface area (Å²) in [6.07, 6.45) is 0. The Labute approximate surface area is 142 Å². The Morgan fingerprint density at radius 1 is 0.880 bits per heavy atom. The minimum atomic E-state index is -0.650. The topological polar surface area (TPSA) is 130 Å². The Morgan fingerprint density at radius 2 is 1.56 bits per heavy atom. The van der Waals surface area contributed by atoms with E-state index in [0.29, 0.717) is 5.56 Å². The molecule has 0 atom stereocenters. The minimum absolute atomic E-state index is 0.0512. The van der Waals surface area contributed by atoms with Gasteiger partial charge in [-0.15, -0.1) is 0 Å². The third-order valence-corrected chi connectivity index (χ3v) is 3.08. The number of rotatable bonds is 5. The Kier molecular flexibility index (Phi) is 5.77. The molecule has 0 heterocycles. The minimum Gasteiger partial charge on any atom is -0.343 e. The van der Waals surface area contributed by atoms with Gasteiger partial charge in [0, 0.05) is 23.3 Å².